The zero-order chi connectivity index (χ0) is 14.0. The van der Waals surface area contributed by atoms with Gasteiger partial charge in [0.1, 0.15) is 0 Å². The number of rotatable bonds is 2. The number of para-hydroxylation sites is 1. The van der Waals surface area contributed by atoms with Crippen molar-refractivity contribution in [3.63, 3.8) is 0 Å². The SMILES string of the molecule is Cc1cccc(Oc2cc(C(F)(F)F)ccn2)c1N. The van der Waals surface area contributed by atoms with Crippen LogP contribution in [-0.4, -0.2) is 4.98 Å². The van der Waals surface area contributed by atoms with Crippen LogP contribution in [0.3, 0.4) is 0 Å². The summed E-state index contributed by atoms with van der Waals surface area (Å²) in [6, 6.07) is 6.77. The average Bonchev–Trinajstić information content (AvgIpc) is 2.34. The first-order chi connectivity index (χ1) is 8.88. The Labute approximate surface area is 107 Å². The summed E-state index contributed by atoms with van der Waals surface area (Å²) >= 11 is 0. The van der Waals surface area contributed by atoms with E-state index < -0.39 is 11.7 Å². The average molecular weight is 268 g/mol. The van der Waals surface area contributed by atoms with Crippen LogP contribution in [0.15, 0.2) is 36.5 Å². The molecule has 0 fully saturated rings. The molecule has 0 aliphatic rings. The number of halogens is 3. The first-order valence-electron chi connectivity index (χ1n) is 5.44. The second-order valence-corrected chi connectivity index (χ2v) is 3.97. The topological polar surface area (TPSA) is 48.1 Å². The van der Waals surface area contributed by atoms with Crippen molar-refractivity contribution < 1.29 is 17.9 Å². The highest BCUT2D eigenvalue weighted by molar-refractivity contribution is 5.58. The number of nitrogens with two attached hydrogens (primary N) is 1. The lowest BCUT2D eigenvalue weighted by molar-refractivity contribution is -0.137. The lowest BCUT2D eigenvalue weighted by Crippen LogP contribution is -2.05. The van der Waals surface area contributed by atoms with E-state index in [1.807, 2.05) is 0 Å². The Morgan fingerprint density at radius 1 is 1.21 bits per heavy atom. The van der Waals surface area contributed by atoms with E-state index >= 15 is 0 Å². The summed E-state index contributed by atoms with van der Waals surface area (Å²) in [5.41, 5.74) is 6.12. The summed E-state index contributed by atoms with van der Waals surface area (Å²) < 4.78 is 42.9. The number of ether oxygens (including phenoxy) is 1. The molecule has 0 unspecified atom stereocenters. The number of hydrogen-bond acceptors (Lipinski definition) is 3. The maximum Gasteiger partial charge on any atom is 0.416 e. The largest absolute Gasteiger partial charge is 0.437 e. The van der Waals surface area contributed by atoms with Crippen LogP contribution in [0.4, 0.5) is 18.9 Å². The molecular formula is C13H11F3N2O. The van der Waals surface area contributed by atoms with Crippen molar-refractivity contribution >= 4 is 5.69 Å². The van der Waals surface area contributed by atoms with Crippen molar-refractivity contribution in [2.45, 2.75) is 13.1 Å². The molecule has 2 N–H and O–H groups in total. The smallest absolute Gasteiger partial charge is 0.416 e. The van der Waals surface area contributed by atoms with Crippen LogP contribution in [0, 0.1) is 6.92 Å². The van der Waals surface area contributed by atoms with Crippen LogP contribution in [0.2, 0.25) is 0 Å². The zero-order valence-corrected chi connectivity index (χ0v) is 10.0. The van der Waals surface area contributed by atoms with Gasteiger partial charge in [-0.2, -0.15) is 13.2 Å². The number of nitrogen functional groups attached to an aromatic ring is 1. The third kappa shape index (κ3) is 2.96. The Hall–Kier alpha value is -2.24. The fourth-order valence-corrected chi connectivity index (χ4v) is 1.50. The van der Waals surface area contributed by atoms with Gasteiger partial charge in [-0.3, -0.25) is 0 Å². The highest BCUT2D eigenvalue weighted by atomic mass is 19.4. The first-order valence-corrected chi connectivity index (χ1v) is 5.44. The number of benzene rings is 1. The number of nitrogens with zero attached hydrogens (tertiary/aromatic N) is 1. The quantitative estimate of drug-likeness (QED) is 0.843. The van der Waals surface area contributed by atoms with Gasteiger partial charge in [-0.15, -0.1) is 0 Å². The molecule has 1 heterocycles. The van der Waals surface area contributed by atoms with Crippen molar-refractivity contribution in [2.75, 3.05) is 5.73 Å². The molecule has 2 aromatic rings. The summed E-state index contributed by atoms with van der Waals surface area (Å²) in [5.74, 6) is 0.138. The number of aromatic nitrogens is 1. The standard InChI is InChI=1S/C13H11F3N2O/c1-8-3-2-4-10(12(8)17)19-11-7-9(5-6-18-11)13(14,15)16/h2-7H,17H2,1H3. The third-order valence-electron chi connectivity index (χ3n) is 2.56. The third-order valence-corrected chi connectivity index (χ3v) is 2.56. The molecular weight excluding hydrogens is 257 g/mol. The van der Waals surface area contributed by atoms with E-state index in [1.165, 1.54) is 0 Å². The van der Waals surface area contributed by atoms with Gasteiger partial charge >= 0.3 is 6.18 Å². The Morgan fingerprint density at radius 2 is 1.95 bits per heavy atom. The molecule has 0 aliphatic heterocycles. The van der Waals surface area contributed by atoms with E-state index in [4.69, 9.17) is 10.5 Å². The molecule has 0 spiro atoms. The highest BCUT2D eigenvalue weighted by Crippen LogP contribution is 2.33. The number of alkyl halides is 3. The van der Waals surface area contributed by atoms with Gasteiger partial charge in [0.05, 0.1) is 11.3 Å². The summed E-state index contributed by atoms with van der Waals surface area (Å²) in [4.78, 5) is 3.74. The number of hydrogen-bond donors (Lipinski definition) is 1. The predicted octanol–water partition coefficient (Wildman–Crippen LogP) is 3.78. The van der Waals surface area contributed by atoms with Gasteiger partial charge in [-0.1, -0.05) is 12.1 Å². The highest BCUT2D eigenvalue weighted by Gasteiger charge is 2.31. The molecule has 2 rings (SSSR count). The molecule has 100 valence electrons. The Morgan fingerprint density at radius 3 is 2.63 bits per heavy atom. The van der Waals surface area contributed by atoms with Crippen LogP contribution in [0.5, 0.6) is 11.6 Å². The van der Waals surface area contributed by atoms with Gasteiger partial charge in [0.2, 0.25) is 5.88 Å². The van der Waals surface area contributed by atoms with Crippen molar-refractivity contribution in [3.8, 4) is 11.6 Å². The van der Waals surface area contributed by atoms with Gasteiger partial charge in [0.25, 0.3) is 0 Å². The minimum atomic E-state index is -4.43. The van der Waals surface area contributed by atoms with Crippen LogP contribution >= 0.6 is 0 Å². The summed E-state index contributed by atoms with van der Waals surface area (Å²) in [6.45, 7) is 1.78. The van der Waals surface area contributed by atoms with Crippen LogP contribution < -0.4 is 10.5 Å². The first kappa shape index (κ1) is 13.2. The van der Waals surface area contributed by atoms with E-state index in [1.54, 1.807) is 25.1 Å². The lowest BCUT2D eigenvalue weighted by atomic mass is 10.2. The molecule has 0 saturated heterocycles. The Balaban J connectivity index is 2.31. The second kappa shape index (κ2) is 4.79. The Bertz CT molecular complexity index is 597. The van der Waals surface area contributed by atoms with E-state index in [0.29, 0.717) is 5.69 Å². The van der Waals surface area contributed by atoms with E-state index in [2.05, 4.69) is 4.98 Å². The minimum Gasteiger partial charge on any atom is -0.437 e. The fourth-order valence-electron chi connectivity index (χ4n) is 1.50. The molecule has 1 aromatic heterocycles. The monoisotopic (exact) mass is 268 g/mol. The van der Waals surface area contributed by atoms with Crippen molar-refractivity contribution in [1.82, 2.24) is 4.98 Å². The second-order valence-electron chi connectivity index (χ2n) is 3.97. The Kier molecular flexibility index (Phi) is 3.33. The van der Waals surface area contributed by atoms with Crippen molar-refractivity contribution in [2.24, 2.45) is 0 Å². The minimum absolute atomic E-state index is 0.146. The van der Waals surface area contributed by atoms with Crippen LogP contribution in [-0.2, 0) is 6.18 Å². The van der Waals surface area contributed by atoms with E-state index in [9.17, 15) is 13.2 Å². The predicted molar refractivity (Wildman–Crippen MR) is 64.9 cm³/mol. The molecule has 0 bridgehead atoms. The fraction of sp³-hybridized carbons (Fsp3) is 0.154. The summed E-state index contributed by atoms with van der Waals surface area (Å²) in [5, 5.41) is 0. The van der Waals surface area contributed by atoms with Crippen LogP contribution in [0.1, 0.15) is 11.1 Å². The number of anilines is 1. The van der Waals surface area contributed by atoms with Gasteiger partial charge in [0, 0.05) is 12.3 Å². The van der Waals surface area contributed by atoms with E-state index in [0.717, 1.165) is 23.9 Å². The maximum absolute atomic E-state index is 12.5. The van der Waals surface area contributed by atoms with Gasteiger partial charge in [-0.25, -0.2) is 4.98 Å². The molecule has 0 amide bonds. The normalized spacial score (nSPS) is 11.4. The van der Waals surface area contributed by atoms with Crippen LogP contribution in [0.25, 0.3) is 0 Å². The van der Waals surface area contributed by atoms with E-state index in [-0.39, 0.29) is 11.6 Å². The van der Waals surface area contributed by atoms with Gasteiger partial charge < -0.3 is 10.5 Å². The lowest BCUT2D eigenvalue weighted by Gasteiger charge is -2.11. The molecule has 0 atom stereocenters. The summed E-state index contributed by atoms with van der Waals surface area (Å²) in [6.07, 6.45) is -3.39. The van der Waals surface area contributed by atoms with Crippen molar-refractivity contribution in [1.29, 1.82) is 0 Å². The number of aryl methyl sites for hydroxylation is 1. The molecule has 0 saturated carbocycles. The molecule has 3 nitrogen and oxygen atoms in total. The number of pyridine rings is 1. The zero-order valence-electron chi connectivity index (χ0n) is 10.0. The van der Waals surface area contributed by atoms with Gasteiger partial charge in [0.15, 0.2) is 5.75 Å². The summed E-state index contributed by atoms with van der Waals surface area (Å²) in [7, 11) is 0. The van der Waals surface area contributed by atoms with Gasteiger partial charge in [-0.05, 0) is 24.6 Å². The molecule has 0 aliphatic carbocycles. The maximum atomic E-state index is 12.5. The molecule has 19 heavy (non-hydrogen) atoms. The molecule has 1 aromatic carbocycles. The molecule has 0 radical (unpaired) electrons. The molecule has 6 heteroatoms. The van der Waals surface area contributed by atoms with Crippen molar-refractivity contribution in [3.05, 3.63) is 47.7 Å².